The van der Waals surface area contributed by atoms with Crippen LogP contribution in [0.1, 0.15) is 65.2 Å². The minimum absolute atomic E-state index is 0.120. The molecular formula is C17H28O2. The van der Waals surface area contributed by atoms with Crippen LogP contribution in [0.25, 0.3) is 0 Å². The predicted molar refractivity (Wildman–Crippen MR) is 77.8 cm³/mol. The highest BCUT2D eigenvalue weighted by Gasteiger charge is 2.36. The lowest BCUT2D eigenvalue weighted by Crippen LogP contribution is -2.35. The second-order valence-corrected chi connectivity index (χ2v) is 6.60. The molecule has 2 heteroatoms. The maximum atomic E-state index is 11.9. The third-order valence-corrected chi connectivity index (χ3v) is 5.12. The molecule has 0 aromatic rings. The second kappa shape index (κ2) is 6.58. The number of carbonyl (C=O) groups excluding carboxylic acids is 1. The summed E-state index contributed by atoms with van der Waals surface area (Å²) in [5.41, 5.74) is 0.529. The number of ether oxygens (including phenoxy) is 1. The fourth-order valence-corrected chi connectivity index (χ4v) is 3.89. The van der Waals surface area contributed by atoms with Gasteiger partial charge < -0.3 is 4.74 Å². The molecule has 0 heterocycles. The fourth-order valence-electron chi connectivity index (χ4n) is 3.89. The van der Waals surface area contributed by atoms with Gasteiger partial charge in [0.1, 0.15) is 6.10 Å². The summed E-state index contributed by atoms with van der Waals surface area (Å²) >= 11 is 0. The molecule has 0 amide bonds. The highest BCUT2D eigenvalue weighted by Crippen LogP contribution is 2.40. The molecule has 2 aliphatic carbocycles. The maximum Gasteiger partial charge on any atom is 0.333 e. The molecule has 2 saturated carbocycles. The molecule has 108 valence electrons. The van der Waals surface area contributed by atoms with Crippen molar-refractivity contribution in [1.29, 1.82) is 0 Å². The minimum atomic E-state index is -0.193. The summed E-state index contributed by atoms with van der Waals surface area (Å²) in [5, 5.41) is 0. The van der Waals surface area contributed by atoms with E-state index in [1.54, 1.807) is 6.92 Å². The van der Waals surface area contributed by atoms with Gasteiger partial charge in [-0.15, -0.1) is 0 Å². The third kappa shape index (κ3) is 3.61. The molecule has 0 aliphatic heterocycles. The van der Waals surface area contributed by atoms with E-state index in [1.165, 1.54) is 51.4 Å². The smallest absolute Gasteiger partial charge is 0.333 e. The Bertz CT molecular complexity index is 322. The van der Waals surface area contributed by atoms with Gasteiger partial charge in [-0.1, -0.05) is 52.0 Å². The summed E-state index contributed by atoms with van der Waals surface area (Å²) in [5.74, 6) is 1.65. The van der Waals surface area contributed by atoms with Gasteiger partial charge in [-0.2, -0.15) is 0 Å². The first kappa shape index (κ1) is 14.6. The van der Waals surface area contributed by atoms with Crippen LogP contribution in [0.3, 0.4) is 0 Å². The predicted octanol–water partition coefficient (Wildman–Crippen LogP) is 4.49. The molecule has 2 atom stereocenters. The van der Waals surface area contributed by atoms with E-state index in [0.29, 0.717) is 17.4 Å². The van der Waals surface area contributed by atoms with Crippen molar-refractivity contribution in [2.45, 2.75) is 71.3 Å². The molecular weight excluding hydrogens is 236 g/mol. The largest absolute Gasteiger partial charge is 0.458 e. The summed E-state index contributed by atoms with van der Waals surface area (Å²) in [7, 11) is 0. The van der Waals surface area contributed by atoms with Gasteiger partial charge in [0.25, 0.3) is 0 Å². The molecule has 0 aromatic heterocycles. The Kier molecular flexibility index (Phi) is 5.06. The molecule has 19 heavy (non-hydrogen) atoms. The van der Waals surface area contributed by atoms with Crippen molar-refractivity contribution in [3.8, 4) is 0 Å². The zero-order valence-corrected chi connectivity index (χ0v) is 12.5. The topological polar surface area (TPSA) is 26.3 Å². The molecule has 0 bridgehead atoms. The number of hydrogen-bond donors (Lipinski definition) is 0. The highest BCUT2D eigenvalue weighted by atomic mass is 16.5. The minimum Gasteiger partial charge on any atom is -0.458 e. The average molecular weight is 264 g/mol. The van der Waals surface area contributed by atoms with Crippen molar-refractivity contribution >= 4 is 5.97 Å². The van der Waals surface area contributed by atoms with Crippen LogP contribution in [0.2, 0.25) is 0 Å². The molecule has 2 aliphatic rings. The van der Waals surface area contributed by atoms with Crippen LogP contribution in [0.4, 0.5) is 0 Å². The lowest BCUT2D eigenvalue weighted by molar-refractivity contribution is -0.151. The first-order valence-corrected chi connectivity index (χ1v) is 7.96. The Labute approximate surface area is 117 Å². The number of carbonyl (C=O) groups is 1. The molecule has 0 saturated heterocycles. The van der Waals surface area contributed by atoms with E-state index in [2.05, 4.69) is 13.5 Å². The van der Waals surface area contributed by atoms with Crippen LogP contribution in [-0.4, -0.2) is 12.1 Å². The highest BCUT2D eigenvalue weighted by molar-refractivity contribution is 5.87. The van der Waals surface area contributed by atoms with E-state index in [4.69, 9.17) is 4.74 Å². The Balaban J connectivity index is 2.03. The van der Waals surface area contributed by atoms with Gasteiger partial charge in [-0.25, -0.2) is 4.79 Å². The summed E-state index contributed by atoms with van der Waals surface area (Å²) in [6.07, 6.45) is 10.5. The van der Waals surface area contributed by atoms with E-state index in [-0.39, 0.29) is 12.1 Å². The zero-order chi connectivity index (χ0) is 13.8. The van der Waals surface area contributed by atoms with E-state index in [0.717, 1.165) is 5.92 Å². The Morgan fingerprint density at radius 3 is 2.00 bits per heavy atom. The molecule has 2 rings (SSSR count). The number of hydrogen-bond acceptors (Lipinski definition) is 2. The maximum absolute atomic E-state index is 11.9. The van der Waals surface area contributed by atoms with Gasteiger partial charge in [0, 0.05) is 5.57 Å². The van der Waals surface area contributed by atoms with Gasteiger partial charge in [-0.05, 0) is 37.5 Å². The Morgan fingerprint density at radius 1 is 1.05 bits per heavy atom. The first-order chi connectivity index (χ1) is 9.09. The summed E-state index contributed by atoms with van der Waals surface area (Å²) in [4.78, 5) is 11.9. The van der Waals surface area contributed by atoms with Gasteiger partial charge in [0.15, 0.2) is 0 Å². The number of esters is 1. The van der Waals surface area contributed by atoms with E-state index in [1.807, 2.05) is 0 Å². The quantitative estimate of drug-likeness (QED) is 0.540. The number of rotatable bonds is 5. The van der Waals surface area contributed by atoms with E-state index >= 15 is 0 Å². The van der Waals surface area contributed by atoms with E-state index < -0.39 is 0 Å². The Morgan fingerprint density at radius 2 is 1.53 bits per heavy atom. The normalized spacial score (nSPS) is 24.3. The SMILES string of the molecule is C=C(C)C(=O)OC(C1CCCC1)C(C)C1CCCC1. The van der Waals surface area contributed by atoms with Crippen LogP contribution in [0, 0.1) is 17.8 Å². The van der Waals surface area contributed by atoms with Crippen molar-refractivity contribution in [3.05, 3.63) is 12.2 Å². The van der Waals surface area contributed by atoms with Gasteiger partial charge in [0.2, 0.25) is 0 Å². The fraction of sp³-hybridized carbons (Fsp3) is 0.824. The summed E-state index contributed by atoms with van der Waals surface area (Å²) in [6, 6.07) is 0. The van der Waals surface area contributed by atoms with Gasteiger partial charge in [0.05, 0.1) is 0 Å². The van der Waals surface area contributed by atoms with Crippen LogP contribution >= 0.6 is 0 Å². The van der Waals surface area contributed by atoms with Crippen LogP contribution in [0.15, 0.2) is 12.2 Å². The van der Waals surface area contributed by atoms with Crippen molar-refractivity contribution in [1.82, 2.24) is 0 Å². The standard InChI is InChI=1S/C17H28O2/c1-12(2)17(18)19-16(15-10-6-7-11-15)13(3)14-8-4-5-9-14/h13-16H,1,4-11H2,2-3H3. The summed E-state index contributed by atoms with van der Waals surface area (Å²) in [6.45, 7) is 7.76. The lowest BCUT2D eigenvalue weighted by Gasteiger charge is -2.32. The monoisotopic (exact) mass is 264 g/mol. The van der Waals surface area contributed by atoms with Crippen molar-refractivity contribution in [2.24, 2.45) is 17.8 Å². The lowest BCUT2D eigenvalue weighted by atomic mass is 9.81. The van der Waals surface area contributed by atoms with Crippen LogP contribution < -0.4 is 0 Å². The summed E-state index contributed by atoms with van der Waals surface area (Å²) < 4.78 is 5.83. The van der Waals surface area contributed by atoms with Gasteiger partial charge in [-0.3, -0.25) is 0 Å². The Hall–Kier alpha value is -0.790. The molecule has 2 fully saturated rings. The second-order valence-electron chi connectivity index (χ2n) is 6.60. The molecule has 0 spiro atoms. The van der Waals surface area contributed by atoms with Crippen LogP contribution in [-0.2, 0) is 9.53 Å². The van der Waals surface area contributed by atoms with Crippen LogP contribution in [0.5, 0.6) is 0 Å². The molecule has 0 N–H and O–H groups in total. The van der Waals surface area contributed by atoms with Gasteiger partial charge >= 0.3 is 5.97 Å². The molecule has 2 unspecified atom stereocenters. The molecule has 0 aromatic carbocycles. The first-order valence-electron chi connectivity index (χ1n) is 7.96. The zero-order valence-electron chi connectivity index (χ0n) is 12.5. The van der Waals surface area contributed by atoms with E-state index in [9.17, 15) is 4.79 Å². The van der Waals surface area contributed by atoms with Crippen molar-refractivity contribution in [2.75, 3.05) is 0 Å². The van der Waals surface area contributed by atoms with Crippen molar-refractivity contribution < 1.29 is 9.53 Å². The third-order valence-electron chi connectivity index (χ3n) is 5.12. The van der Waals surface area contributed by atoms with Crippen molar-refractivity contribution in [3.63, 3.8) is 0 Å². The average Bonchev–Trinajstić information content (AvgIpc) is 3.06. The molecule has 0 radical (unpaired) electrons. The molecule has 2 nitrogen and oxygen atoms in total.